The van der Waals surface area contributed by atoms with E-state index in [2.05, 4.69) is 46.5 Å². The number of aromatic nitrogens is 1. The zero-order valence-corrected chi connectivity index (χ0v) is 14.2. The van der Waals surface area contributed by atoms with E-state index in [0.717, 1.165) is 18.4 Å². The van der Waals surface area contributed by atoms with Gasteiger partial charge in [0.1, 0.15) is 0 Å². The van der Waals surface area contributed by atoms with Gasteiger partial charge >= 0.3 is 0 Å². The van der Waals surface area contributed by atoms with E-state index in [1.54, 1.807) is 6.20 Å². The molecule has 1 aliphatic heterocycles. The third kappa shape index (κ3) is 3.97. The zero-order chi connectivity index (χ0) is 15.8. The standard InChI is InChI=1S/C18H29NO2/c1-17(2,3)11-15-13(18(4,5)6)10-14(21-15)12-8-7-9-19-16(12)20/h7-9,13-15H,10-11H2,1-6H3,(H,19,20)/t13?,14-,15-/m1/s1. The second kappa shape index (κ2) is 5.60. The third-order valence-electron chi connectivity index (χ3n) is 4.38. The number of hydrogen-bond acceptors (Lipinski definition) is 2. The predicted molar refractivity (Wildman–Crippen MR) is 86.3 cm³/mol. The van der Waals surface area contributed by atoms with E-state index in [9.17, 15) is 4.79 Å². The Morgan fingerprint density at radius 2 is 1.90 bits per heavy atom. The minimum absolute atomic E-state index is 0.0217. The molecule has 0 saturated carbocycles. The van der Waals surface area contributed by atoms with Crippen molar-refractivity contribution < 1.29 is 4.74 Å². The van der Waals surface area contributed by atoms with Crippen molar-refractivity contribution in [2.24, 2.45) is 16.7 Å². The fourth-order valence-corrected chi connectivity index (χ4v) is 3.34. The number of hydrogen-bond donors (Lipinski definition) is 1. The molecule has 1 fully saturated rings. The number of H-pyrrole nitrogens is 1. The molecule has 2 rings (SSSR count). The van der Waals surface area contributed by atoms with Crippen molar-refractivity contribution >= 4 is 0 Å². The van der Waals surface area contributed by atoms with Crippen LogP contribution in [0.2, 0.25) is 0 Å². The normalized spacial score (nSPS) is 27.0. The van der Waals surface area contributed by atoms with E-state index in [4.69, 9.17) is 4.74 Å². The summed E-state index contributed by atoms with van der Waals surface area (Å²) >= 11 is 0. The summed E-state index contributed by atoms with van der Waals surface area (Å²) in [5.41, 5.74) is 1.16. The van der Waals surface area contributed by atoms with Crippen LogP contribution in [0.15, 0.2) is 23.1 Å². The molecule has 0 spiro atoms. The van der Waals surface area contributed by atoms with E-state index in [0.29, 0.717) is 5.92 Å². The first kappa shape index (κ1) is 16.3. The fraction of sp³-hybridized carbons (Fsp3) is 0.722. The van der Waals surface area contributed by atoms with E-state index < -0.39 is 0 Å². The van der Waals surface area contributed by atoms with Crippen LogP contribution in [-0.4, -0.2) is 11.1 Å². The Hall–Kier alpha value is -1.09. The summed E-state index contributed by atoms with van der Waals surface area (Å²) in [5.74, 6) is 0.473. The number of rotatable bonds is 2. The molecule has 0 aliphatic carbocycles. The Balaban J connectivity index is 2.26. The Labute approximate surface area is 128 Å². The van der Waals surface area contributed by atoms with Crippen LogP contribution < -0.4 is 5.56 Å². The lowest BCUT2D eigenvalue weighted by atomic mass is 9.72. The lowest BCUT2D eigenvalue weighted by Gasteiger charge is -2.34. The van der Waals surface area contributed by atoms with E-state index >= 15 is 0 Å². The first-order valence-corrected chi connectivity index (χ1v) is 7.91. The largest absolute Gasteiger partial charge is 0.370 e. The molecule has 21 heavy (non-hydrogen) atoms. The van der Waals surface area contributed by atoms with Crippen LogP contribution in [0.1, 0.15) is 66.1 Å². The summed E-state index contributed by atoms with van der Waals surface area (Å²) < 4.78 is 6.32. The lowest BCUT2D eigenvalue weighted by Crippen LogP contribution is -2.31. The van der Waals surface area contributed by atoms with Gasteiger partial charge in [-0.2, -0.15) is 0 Å². The smallest absolute Gasteiger partial charge is 0.253 e. The van der Waals surface area contributed by atoms with Crippen molar-refractivity contribution in [2.75, 3.05) is 0 Å². The molecule has 0 amide bonds. The first-order valence-electron chi connectivity index (χ1n) is 7.91. The maximum absolute atomic E-state index is 12.0. The highest BCUT2D eigenvalue weighted by Crippen LogP contribution is 2.47. The molecular weight excluding hydrogens is 262 g/mol. The van der Waals surface area contributed by atoms with Crippen molar-refractivity contribution in [2.45, 2.75) is 66.6 Å². The van der Waals surface area contributed by atoms with Crippen molar-refractivity contribution in [1.82, 2.24) is 4.98 Å². The van der Waals surface area contributed by atoms with Crippen molar-refractivity contribution in [1.29, 1.82) is 0 Å². The van der Waals surface area contributed by atoms with Crippen LogP contribution in [-0.2, 0) is 4.74 Å². The van der Waals surface area contributed by atoms with Crippen LogP contribution in [0, 0.1) is 16.7 Å². The highest BCUT2D eigenvalue weighted by atomic mass is 16.5. The topological polar surface area (TPSA) is 42.1 Å². The summed E-state index contributed by atoms with van der Waals surface area (Å²) in [6.07, 6.45) is 3.77. The summed E-state index contributed by atoms with van der Waals surface area (Å²) in [6, 6.07) is 3.77. The van der Waals surface area contributed by atoms with Crippen molar-refractivity contribution in [3.63, 3.8) is 0 Å². The molecule has 1 aromatic rings. The number of pyridine rings is 1. The summed E-state index contributed by atoms with van der Waals surface area (Å²) in [4.78, 5) is 14.8. The van der Waals surface area contributed by atoms with E-state index in [1.165, 1.54) is 0 Å². The summed E-state index contributed by atoms with van der Waals surface area (Å²) in [5, 5.41) is 0. The van der Waals surface area contributed by atoms with E-state index in [1.807, 2.05) is 12.1 Å². The van der Waals surface area contributed by atoms with Gasteiger partial charge in [-0.3, -0.25) is 4.79 Å². The average molecular weight is 291 g/mol. The maximum atomic E-state index is 12.0. The molecule has 1 unspecified atom stereocenters. The highest BCUT2D eigenvalue weighted by Gasteiger charge is 2.43. The maximum Gasteiger partial charge on any atom is 0.253 e. The van der Waals surface area contributed by atoms with Crippen LogP contribution in [0.3, 0.4) is 0 Å². The first-order chi connectivity index (χ1) is 9.58. The van der Waals surface area contributed by atoms with Gasteiger partial charge in [0.05, 0.1) is 12.2 Å². The molecule has 1 N–H and O–H groups in total. The lowest BCUT2D eigenvalue weighted by molar-refractivity contribution is -0.00614. The third-order valence-corrected chi connectivity index (χ3v) is 4.38. The fourth-order valence-electron chi connectivity index (χ4n) is 3.34. The average Bonchev–Trinajstić information content (AvgIpc) is 2.70. The molecule has 3 atom stereocenters. The van der Waals surface area contributed by atoms with E-state index in [-0.39, 0.29) is 28.6 Å². The Kier molecular flexibility index (Phi) is 4.34. The van der Waals surface area contributed by atoms with Gasteiger partial charge in [-0.05, 0) is 41.7 Å². The molecule has 118 valence electrons. The Morgan fingerprint density at radius 1 is 1.24 bits per heavy atom. The molecule has 0 bridgehead atoms. The van der Waals surface area contributed by atoms with Gasteiger partial charge in [0.15, 0.2) is 0 Å². The predicted octanol–water partition coefficient (Wildman–Crippen LogP) is 4.30. The second-order valence-corrected chi connectivity index (χ2v) is 8.59. The minimum atomic E-state index is -0.0773. The van der Waals surface area contributed by atoms with Crippen LogP contribution in [0.4, 0.5) is 0 Å². The van der Waals surface area contributed by atoms with Crippen LogP contribution >= 0.6 is 0 Å². The Morgan fingerprint density at radius 3 is 2.43 bits per heavy atom. The molecular formula is C18H29NO2. The molecule has 3 heteroatoms. The van der Waals surface area contributed by atoms with Gasteiger partial charge in [0, 0.05) is 11.8 Å². The minimum Gasteiger partial charge on any atom is -0.370 e. The Bertz CT molecular complexity index is 533. The van der Waals surface area contributed by atoms with Gasteiger partial charge in [0.25, 0.3) is 5.56 Å². The number of nitrogens with one attached hydrogen (secondary N) is 1. The van der Waals surface area contributed by atoms with Crippen molar-refractivity contribution in [3.05, 3.63) is 34.2 Å². The molecule has 1 saturated heterocycles. The quantitative estimate of drug-likeness (QED) is 0.882. The van der Waals surface area contributed by atoms with Gasteiger partial charge in [0.2, 0.25) is 0 Å². The molecule has 3 nitrogen and oxygen atoms in total. The summed E-state index contributed by atoms with van der Waals surface area (Å²) in [7, 11) is 0. The van der Waals surface area contributed by atoms with Gasteiger partial charge < -0.3 is 9.72 Å². The van der Waals surface area contributed by atoms with Crippen molar-refractivity contribution in [3.8, 4) is 0 Å². The monoisotopic (exact) mass is 291 g/mol. The second-order valence-electron chi connectivity index (χ2n) is 8.59. The van der Waals surface area contributed by atoms with Gasteiger partial charge in [-0.1, -0.05) is 41.5 Å². The molecule has 1 aromatic heterocycles. The number of aromatic amines is 1. The summed E-state index contributed by atoms with van der Waals surface area (Å²) in [6.45, 7) is 13.6. The zero-order valence-electron chi connectivity index (χ0n) is 14.2. The number of ether oxygens (including phenoxy) is 1. The van der Waals surface area contributed by atoms with Crippen LogP contribution in [0.5, 0.6) is 0 Å². The van der Waals surface area contributed by atoms with Gasteiger partial charge in [-0.15, -0.1) is 0 Å². The highest BCUT2D eigenvalue weighted by molar-refractivity contribution is 5.15. The molecule has 0 radical (unpaired) electrons. The SMILES string of the molecule is CC(C)(C)C[C@H]1O[C@@H](c2ccc[nH]c2=O)CC1C(C)(C)C. The molecule has 1 aliphatic rings. The van der Waals surface area contributed by atoms with Crippen LogP contribution in [0.25, 0.3) is 0 Å². The van der Waals surface area contributed by atoms with Gasteiger partial charge in [-0.25, -0.2) is 0 Å². The molecule has 0 aromatic carbocycles. The molecule has 2 heterocycles.